The average Bonchev–Trinajstić information content (AvgIpc) is 2.49. The van der Waals surface area contributed by atoms with E-state index in [1.807, 2.05) is 60.7 Å². The number of para-hydroxylation sites is 1. The van der Waals surface area contributed by atoms with E-state index in [2.05, 4.69) is 0 Å². The van der Waals surface area contributed by atoms with Crippen LogP contribution in [-0.4, -0.2) is 18.2 Å². The van der Waals surface area contributed by atoms with Gasteiger partial charge in [0.2, 0.25) is 5.91 Å². The highest BCUT2D eigenvalue weighted by Gasteiger charge is 2.21. The van der Waals surface area contributed by atoms with Crippen LogP contribution in [0.2, 0.25) is 0 Å². The van der Waals surface area contributed by atoms with Gasteiger partial charge in [0.1, 0.15) is 6.29 Å². The standard InChI is InChI=1S/C17H17NO2/c1-14(13-19)18(16-10-6-3-7-11-16)17(20)12-15-8-4-2-5-9-15/h2-11,13-14H,12H2,1H3/t14-/m1/s1. The van der Waals surface area contributed by atoms with Gasteiger partial charge in [-0.25, -0.2) is 0 Å². The van der Waals surface area contributed by atoms with Crippen LogP contribution in [0.1, 0.15) is 12.5 Å². The third-order valence-electron chi connectivity index (χ3n) is 3.11. The lowest BCUT2D eigenvalue weighted by molar-refractivity contribution is -0.120. The molecule has 1 amide bonds. The largest absolute Gasteiger partial charge is 0.302 e. The lowest BCUT2D eigenvalue weighted by atomic mass is 10.1. The third kappa shape index (κ3) is 3.32. The van der Waals surface area contributed by atoms with Gasteiger partial charge in [-0.1, -0.05) is 48.5 Å². The number of benzene rings is 2. The predicted molar refractivity (Wildman–Crippen MR) is 79.6 cm³/mol. The monoisotopic (exact) mass is 267 g/mol. The van der Waals surface area contributed by atoms with Gasteiger partial charge < -0.3 is 9.69 Å². The van der Waals surface area contributed by atoms with Crippen molar-refractivity contribution >= 4 is 17.9 Å². The topological polar surface area (TPSA) is 37.4 Å². The van der Waals surface area contributed by atoms with Crippen molar-refractivity contribution in [2.24, 2.45) is 0 Å². The van der Waals surface area contributed by atoms with E-state index >= 15 is 0 Å². The second-order valence-corrected chi connectivity index (χ2v) is 4.64. The number of nitrogens with zero attached hydrogens (tertiary/aromatic N) is 1. The molecule has 0 radical (unpaired) electrons. The number of hydrogen-bond acceptors (Lipinski definition) is 2. The average molecular weight is 267 g/mol. The van der Waals surface area contributed by atoms with Gasteiger partial charge in [-0.3, -0.25) is 4.79 Å². The number of carbonyl (C=O) groups excluding carboxylic acids is 2. The predicted octanol–water partition coefficient (Wildman–Crippen LogP) is 2.85. The van der Waals surface area contributed by atoms with Crippen LogP contribution in [0.3, 0.4) is 0 Å². The van der Waals surface area contributed by atoms with Gasteiger partial charge in [-0.15, -0.1) is 0 Å². The Morgan fingerprint density at radius 2 is 1.60 bits per heavy atom. The lowest BCUT2D eigenvalue weighted by Gasteiger charge is -2.26. The summed E-state index contributed by atoms with van der Waals surface area (Å²) >= 11 is 0. The number of amides is 1. The Morgan fingerprint density at radius 3 is 2.15 bits per heavy atom. The minimum atomic E-state index is -0.478. The summed E-state index contributed by atoms with van der Waals surface area (Å²) in [5.41, 5.74) is 1.68. The zero-order valence-corrected chi connectivity index (χ0v) is 11.4. The molecule has 0 spiro atoms. The Morgan fingerprint density at radius 1 is 1.05 bits per heavy atom. The summed E-state index contributed by atoms with van der Waals surface area (Å²) in [4.78, 5) is 25.1. The summed E-state index contributed by atoms with van der Waals surface area (Å²) in [6.45, 7) is 1.73. The number of carbonyl (C=O) groups is 2. The van der Waals surface area contributed by atoms with Gasteiger partial charge in [0.15, 0.2) is 0 Å². The maximum absolute atomic E-state index is 12.5. The van der Waals surface area contributed by atoms with Gasteiger partial charge in [-0.2, -0.15) is 0 Å². The Hall–Kier alpha value is -2.42. The lowest BCUT2D eigenvalue weighted by Crippen LogP contribution is -2.40. The third-order valence-corrected chi connectivity index (χ3v) is 3.11. The van der Waals surface area contributed by atoms with E-state index in [-0.39, 0.29) is 12.3 Å². The smallest absolute Gasteiger partial charge is 0.232 e. The second-order valence-electron chi connectivity index (χ2n) is 4.64. The molecule has 2 aromatic carbocycles. The van der Waals surface area contributed by atoms with Crippen LogP contribution in [0, 0.1) is 0 Å². The Balaban J connectivity index is 2.23. The minimum absolute atomic E-state index is 0.0815. The first-order chi connectivity index (χ1) is 9.72. The molecule has 102 valence electrons. The summed E-state index contributed by atoms with van der Waals surface area (Å²) in [5, 5.41) is 0. The summed E-state index contributed by atoms with van der Waals surface area (Å²) in [6, 6.07) is 18.3. The number of hydrogen-bond donors (Lipinski definition) is 0. The summed E-state index contributed by atoms with van der Waals surface area (Å²) in [5.74, 6) is -0.0815. The van der Waals surface area contributed by atoms with Crippen LogP contribution in [0.4, 0.5) is 5.69 Å². The van der Waals surface area contributed by atoms with Crippen LogP contribution >= 0.6 is 0 Å². The fourth-order valence-electron chi connectivity index (χ4n) is 2.11. The summed E-state index contributed by atoms with van der Waals surface area (Å²) in [6.07, 6.45) is 1.07. The molecule has 0 N–H and O–H groups in total. The SMILES string of the molecule is C[C@H](C=O)N(C(=O)Cc1ccccc1)c1ccccc1. The molecule has 0 aliphatic carbocycles. The molecule has 0 aromatic heterocycles. The fraction of sp³-hybridized carbons (Fsp3) is 0.176. The minimum Gasteiger partial charge on any atom is -0.302 e. The van der Waals surface area contributed by atoms with Crippen LogP contribution in [0.5, 0.6) is 0 Å². The maximum atomic E-state index is 12.5. The van der Waals surface area contributed by atoms with Crippen LogP contribution in [-0.2, 0) is 16.0 Å². The molecule has 0 fully saturated rings. The van der Waals surface area contributed by atoms with Crippen molar-refractivity contribution in [1.29, 1.82) is 0 Å². The van der Waals surface area contributed by atoms with E-state index in [0.717, 1.165) is 17.5 Å². The summed E-state index contributed by atoms with van der Waals surface area (Å²) < 4.78 is 0. The molecule has 0 saturated heterocycles. The molecule has 0 bridgehead atoms. The van der Waals surface area contributed by atoms with Crippen LogP contribution < -0.4 is 4.90 Å². The van der Waals surface area contributed by atoms with Crippen molar-refractivity contribution < 1.29 is 9.59 Å². The van der Waals surface area contributed by atoms with E-state index in [0.29, 0.717) is 0 Å². The van der Waals surface area contributed by atoms with E-state index in [1.165, 1.54) is 0 Å². The van der Waals surface area contributed by atoms with Gasteiger partial charge in [-0.05, 0) is 24.6 Å². The van der Waals surface area contributed by atoms with Gasteiger partial charge in [0, 0.05) is 5.69 Å². The van der Waals surface area contributed by atoms with E-state index in [4.69, 9.17) is 0 Å². The zero-order valence-electron chi connectivity index (χ0n) is 11.4. The molecule has 2 aromatic rings. The molecular weight excluding hydrogens is 250 g/mol. The first-order valence-electron chi connectivity index (χ1n) is 6.58. The molecule has 0 heterocycles. The highest BCUT2D eigenvalue weighted by molar-refractivity contribution is 5.98. The van der Waals surface area contributed by atoms with E-state index in [9.17, 15) is 9.59 Å². The summed E-state index contributed by atoms with van der Waals surface area (Å²) in [7, 11) is 0. The number of rotatable bonds is 5. The molecule has 0 aliphatic rings. The van der Waals surface area contributed by atoms with Crippen molar-refractivity contribution in [1.82, 2.24) is 0 Å². The first-order valence-corrected chi connectivity index (χ1v) is 6.58. The van der Waals surface area contributed by atoms with Crippen LogP contribution in [0.15, 0.2) is 60.7 Å². The van der Waals surface area contributed by atoms with Crippen molar-refractivity contribution in [3.63, 3.8) is 0 Å². The van der Waals surface area contributed by atoms with Crippen molar-refractivity contribution in [2.45, 2.75) is 19.4 Å². The molecule has 20 heavy (non-hydrogen) atoms. The molecule has 3 nitrogen and oxygen atoms in total. The van der Waals surface area contributed by atoms with Gasteiger partial charge in [0.25, 0.3) is 0 Å². The normalized spacial score (nSPS) is 11.7. The molecule has 1 atom stereocenters. The highest BCUT2D eigenvalue weighted by atomic mass is 16.2. The molecule has 0 aliphatic heterocycles. The quantitative estimate of drug-likeness (QED) is 0.781. The molecule has 2 rings (SSSR count). The van der Waals surface area contributed by atoms with Gasteiger partial charge >= 0.3 is 0 Å². The first kappa shape index (κ1) is 14.0. The Kier molecular flexibility index (Phi) is 4.66. The Bertz CT molecular complexity index is 566. The molecule has 3 heteroatoms. The molecular formula is C17H17NO2. The van der Waals surface area contributed by atoms with Crippen molar-refractivity contribution in [2.75, 3.05) is 4.90 Å². The van der Waals surface area contributed by atoms with Crippen molar-refractivity contribution in [3.05, 3.63) is 66.2 Å². The van der Waals surface area contributed by atoms with Crippen molar-refractivity contribution in [3.8, 4) is 0 Å². The Labute approximate surface area is 118 Å². The molecule has 0 unspecified atom stereocenters. The number of aldehydes is 1. The van der Waals surface area contributed by atoms with E-state index < -0.39 is 6.04 Å². The fourth-order valence-corrected chi connectivity index (χ4v) is 2.11. The zero-order chi connectivity index (χ0) is 14.4. The highest BCUT2D eigenvalue weighted by Crippen LogP contribution is 2.17. The molecule has 0 saturated carbocycles. The van der Waals surface area contributed by atoms with E-state index in [1.54, 1.807) is 11.8 Å². The number of anilines is 1. The second kappa shape index (κ2) is 6.66. The van der Waals surface area contributed by atoms with Crippen LogP contribution in [0.25, 0.3) is 0 Å². The maximum Gasteiger partial charge on any atom is 0.232 e. The van der Waals surface area contributed by atoms with Gasteiger partial charge in [0.05, 0.1) is 12.5 Å².